The minimum absolute atomic E-state index is 0.116. The van der Waals surface area contributed by atoms with E-state index in [1.54, 1.807) is 37.3 Å². The molecule has 1 aromatic carbocycles. The zero-order valence-corrected chi connectivity index (χ0v) is 16.3. The number of hydrogen-bond donors (Lipinski definition) is 3. The molecule has 3 N–H and O–H groups in total. The van der Waals surface area contributed by atoms with Gasteiger partial charge >= 0.3 is 0 Å². The van der Waals surface area contributed by atoms with E-state index in [9.17, 15) is 19.5 Å². The van der Waals surface area contributed by atoms with E-state index in [1.807, 2.05) is 6.92 Å². The molecule has 0 aliphatic carbocycles. The smallest absolute Gasteiger partial charge is 0.254 e. The fourth-order valence-electron chi connectivity index (χ4n) is 2.56. The first-order chi connectivity index (χ1) is 12.8. The Morgan fingerprint density at radius 3 is 2.41 bits per heavy atom. The van der Waals surface area contributed by atoms with Crippen LogP contribution in [0.15, 0.2) is 30.3 Å². The van der Waals surface area contributed by atoms with Gasteiger partial charge in [0, 0.05) is 6.92 Å². The largest absolute Gasteiger partial charge is 0.378 e. The molecule has 0 bridgehead atoms. The van der Waals surface area contributed by atoms with E-state index >= 15 is 0 Å². The van der Waals surface area contributed by atoms with E-state index in [1.165, 1.54) is 6.92 Å². The lowest BCUT2D eigenvalue weighted by molar-refractivity contribution is -0.133. The zero-order chi connectivity index (χ0) is 20.0. The number of nitrogens with one attached hydrogen (secondary N) is 2. The summed E-state index contributed by atoms with van der Waals surface area (Å²) in [7, 11) is 0. The SMILES string of the molecule is CCC[C@H](NC(=O)[C@@H](O)c1ccccc1)C(=O)Nc1nc(C)c(C(C)=O)s1. The number of rotatable bonds is 8. The first kappa shape index (κ1) is 20.7. The maximum Gasteiger partial charge on any atom is 0.254 e. The second-order valence-corrected chi connectivity index (χ2v) is 7.14. The lowest BCUT2D eigenvalue weighted by atomic mass is 10.1. The number of thiazole rings is 1. The summed E-state index contributed by atoms with van der Waals surface area (Å²) >= 11 is 1.10. The zero-order valence-electron chi connectivity index (χ0n) is 15.5. The van der Waals surface area contributed by atoms with Crippen LogP contribution < -0.4 is 10.6 Å². The third kappa shape index (κ3) is 5.45. The van der Waals surface area contributed by atoms with Crippen molar-refractivity contribution < 1.29 is 19.5 Å². The van der Waals surface area contributed by atoms with Crippen molar-refractivity contribution >= 4 is 34.1 Å². The molecule has 0 aliphatic rings. The Morgan fingerprint density at radius 1 is 1.19 bits per heavy atom. The molecule has 27 heavy (non-hydrogen) atoms. The summed E-state index contributed by atoms with van der Waals surface area (Å²) in [5.74, 6) is -1.20. The molecule has 0 radical (unpaired) electrons. The van der Waals surface area contributed by atoms with E-state index in [2.05, 4.69) is 15.6 Å². The number of aliphatic hydroxyl groups excluding tert-OH is 1. The number of ketones is 1. The number of carbonyl (C=O) groups excluding carboxylic acids is 3. The highest BCUT2D eigenvalue weighted by Crippen LogP contribution is 2.23. The van der Waals surface area contributed by atoms with E-state index in [4.69, 9.17) is 0 Å². The van der Waals surface area contributed by atoms with Crippen molar-refractivity contribution in [2.45, 2.75) is 45.8 Å². The highest BCUT2D eigenvalue weighted by Gasteiger charge is 2.25. The Hall–Kier alpha value is -2.58. The van der Waals surface area contributed by atoms with Gasteiger partial charge in [0.15, 0.2) is 17.0 Å². The molecule has 0 aliphatic heterocycles. The first-order valence-corrected chi connectivity index (χ1v) is 9.47. The molecule has 2 rings (SSSR count). The fraction of sp³-hybridized carbons (Fsp3) is 0.368. The molecule has 0 saturated carbocycles. The van der Waals surface area contributed by atoms with Crippen LogP contribution >= 0.6 is 11.3 Å². The molecule has 2 amide bonds. The molecule has 0 unspecified atom stereocenters. The number of amides is 2. The van der Waals surface area contributed by atoms with Crippen molar-refractivity contribution in [3.63, 3.8) is 0 Å². The minimum atomic E-state index is -1.36. The third-order valence-electron chi connectivity index (χ3n) is 3.92. The number of aryl methyl sites for hydroxylation is 1. The normalized spacial score (nSPS) is 12.9. The molecule has 1 aromatic heterocycles. The number of Topliss-reactive ketones (excluding diaryl/α,β-unsaturated/α-hetero) is 1. The Bertz CT molecular complexity index is 820. The van der Waals surface area contributed by atoms with Crippen molar-refractivity contribution in [3.8, 4) is 0 Å². The second kappa shape index (κ2) is 9.38. The number of nitrogens with zero attached hydrogens (tertiary/aromatic N) is 1. The standard InChI is InChI=1S/C19H23N3O4S/c1-4-8-14(21-18(26)15(24)13-9-6-5-7-10-13)17(25)22-19-20-11(2)16(27-19)12(3)23/h5-7,9-10,14-15,24H,4,8H2,1-3H3,(H,21,26)(H,20,22,25)/t14-,15-/m0/s1. The third-order valence-corrected chi connectivity index (χ3v) is 5.09. The molecule has 7 nitrogen and oxygen atoms in total. The fourth-order valence-corrected chi connectivity index (χ4v) is 3.43. The number of carbonyl (C=O) groups is 3. The summed E-state index contributed by atoms with van der Waals surface area (Å²) in [6, 6.07) is 7.69. The second-order valence-electron chi connectivity index (χ2n) is 6.14. The molecule has 2 atom stereocenters. The van der Waals surface area contributed by atoms with Crippen LogP contribution in [0.2, 0.25) is 0 Å². The number of hydrogen-bond acceptors (Lipinski definition) is 6. The van der Waals surface area contributed by atoms with Crippen LogP contribution in [0.1, 0.15) is 53.7 Å². The van der Waals surface area contributed by atoms with Crippen LogP contribution in [-0.4, -0.2) is 33.7 Å². The summed E-state index contributed by atoms with van der Waals surface area (Å²) in [6.45, 7) is 5.03. The number of benzene rings is 1. The van der Waals surface area contributed by atoms with Crippen molar-refractivity contribution in [3.05, 3.63) is 46.5 Å². The van der Waals surface area contributed by atoms with Gasteiger partial charge in [0.25, 0.3) is 5.91 Å². The van der Waals surface area contributed by atoms with Crippen LogP contribution in [0, 0.1) is 6.92 Å². The quantitative estimate of drug-likeness (QED) is 0.602. The number of anilines is 1. The van der Waals surface area contributed by atoms with Gasteiger partial charge in [0.2, 0.25) is 5.91 Å². The molecule has 8 heteroatoms. The lowest BCUT2D eigenvalue weighted by Crippen LogP contribution is -2.45. The maximum atomic E-state index is 12.6. The molecular formula is C19H23N3O4S. The van der Waals surface area contributed by atoms with Crippen molar-refractivity contribution in [2.24, 2.45) is 0 Å². The van der Waals surface area contributed by atoms with Crippen LogP contribution in [0.3, 0.4) is 0 Å². The van der Waals surface area contributed by atoms with Crippen LogP contribution in [0.25, 0.3) is 0 Å². The summed E-state index contributed by atoms with van der Waals surface area (Å²) in [5, 5.41) is 15.7. The number of aromatic nitrogens is 1. The van der Waals surface area contributed by atoms with Gasteiger partial charge in [-0.25, -0.2) is 4.98 Å². The minimum Gasteiger partial charge on any atom is -0.378 e. The highest BCUT2D eigenvalue weighted by molar-refractivity contribution is 7.17. The van der Waals surface area contributed by atoms with E-state index < -0.39 is 24.0 Å². The molecule has 2 aromatic rings. The number of aliphatic hydroxyl groups is 1. The molecule has 0 fully saturated rings. The average molecular weight is 389 g/mol. The van der Waals surface area contributed by atoms with Crippen LogP contribution in [-0.2, 0) is 9.59 Å². The van der Waals surface area contributed by atoms with E-state index in [0.717, 1.165) is 11.3 Å². The van der Waals surface area contributed by atoms with Crippen molar-refractivity contribution in [2.75, 3.05) is 5.32 Å². The van der Waals surface area contributed by atoms with Crippen molar-refractivity contribution in [1.82, 2.24) is 10.3 Å². The van der Waals surface area contributed by atoms with Crippen LogP contribution in [0.5, 0.6) is 0 Å². The summed E-state index contributed by atoms with van der Waals surface area (Å²) in [6.07, 6.45) is -0.289. The predicted octanol–water partition coefficient (Wildman–Crippen LogP) is 2.61. The van der Waals surface area contributed by atoms with Gasteiger partial charge in [-0.15, -0.1) is 0 Å². The van der Waals surface area contributed by atoms with Gasteiger partial charge in [-0.1, -0.05) is 55.0 Å². The van der Waals surface area contributed by atoms with Gasteiger partial charge in [-0.2, -0.15) is 0 Å². The Balaban J connectivity index is 2.07. The molecule has 0 saturated heterocycles. The average Bonchev–Trinajstić information content (AvgIpc) is 3.01. The molecular weight excluding hydrogens is 366 g/mol. The van der Waals surface area contributed by atoms with Gasteiger partial charge < -0.3 is 15.7 Å². The van der Waals surface area contributed by atoms with Gasteiger partial charge in [-0.05, 0) is 18.9 Å². The molecule has 1 heterocycles. The van der Waals surface area contributed by atoms with Crippen molar-refractivity contribution in [1.29, 1.82) is 0 Å². The van der Waals surface area contributed by atoms with Gasteiger partial charge in [-0.3, -0.25) is 14.4 Å². The lowest BCUT2D eigenvalue weighted by Gasteiger charge is -2.19. The predicted molar refractivity (Wildman–Crippen MR) is 104 cm³/mol. The first-order valence-electron chi connectivity index (χ1n) is 8.66. The van der Waals surface area contributed by atoms with Gasteiger partial charge in [0.1, 0.15) is 6.04 Å². The van der Waals surface area contributed by atoms with E-state index in [0.29, 0.717) is 34.1 Å². The summed E-state index contributed by atoms with van der Waals surface area (Å²) < 4.78 is 0. The Kier molecular flexibility index (Phi) is 7.20. The van der Waals surface area contributed by atoms with Crippen LogP contribution in [0.4, 0.5) is 5.13 Å². The van der Waals surface area contributed by atoms with E-state index in [-0.39, 0.29) is 5.78 Å². The Morgan fingerprint density at radius 2 is 1.85 bits per heavy atom. The van der Waals surface area contributed by atoms with Gasteiger partial charge in [0.05, 0.1) is 10.6 Å². The monoisotopic (exact) mass is 389 g/mol. The Labute approximate surface area is 161 Å². The molecule has 144 valence electrons. The highest BCUT2D eigenvalue weighted by atomic mass is 32.1. The molecule has 0 spiro atoms. The topological polar surface area (TPSA) is 108 Å². The summed E-state index contributed by atoms with van der Waals surface area (Å²) in [5.41, 5.74) is 1.01. The maximum absolute atomic E-state index is 12.6. The summed E-state index contributed by atoms with van der Waals surface area (Å²) in [4.78, 5) is 41.1.